The van der Waals surface area contributed by atoms with Crippen LogP contribution in [0.25, 0.3) is 5.78 Å². The molecule has 2 heterocycles. The summed E-state index contributed by atoms with van der Waals surface area (Å²) >= 11 is 0. The Balaban J connectivity index is 0.000000720. The molecule has 0 atom stereocenters. The molecule has 1 N–H and O–H groups in total. The molecule has 5 nitrogen and oxygen atoms in total. The number of aromatic amines is 1. The number of hydrogen-bond donors (Lipinski definition) is 1. The summed E-state index contributed by atoms with van der Waals surface area (Å²) in [6, 6.07) is 1.45. The van der Waals surface area contributed by atoms with E-state index in [0.717, 1.165) is 0 Å². The van der Waals surface area contributed by atoms with Gasteiger partial charge in [0.2, 0.25) is 0 Å². The van der Waals surface area contributed by atoms with Crippen LogP contribution in [0.4, 0.5) is 0 Å². The van der Waals surface area contributed by atoms with Crippen LogP contribution in [0.2, 0.25) is 0 Å². The van der Waals surface area contributed by atoms with Gasteiger partial charge in [-0.05, 0) is 6.92 Å². The second-order valence-corrected chi connectivity index (χ2v) is 2.26. The Labute approximate surface area is 83.3 Å². The van der Waals surface area contributed by atoms with Crippen molar-refractivity contribution in [3.8, 4) is 0 Å². The Morgan fingerprint density at radius 2 is 2.33 bits per heavy atom. The second-order valence-electron chi connectivity index (χ2n) is 2.26. The smallest absolute Gasteiger partial charge is 0.274 e. The fourth-order valence-corrected chi connectivity index (χ4v) is 0.934. The molecule has 0 amide bonds. The van der Waals surface area contributed by atoms with Gasteiger partial charge in [0.25, 0.3) is 11.3 Å². The summed E-state index contributed by atoms with van der Waals surface area (Å²) in [6.45, 7) is 1.76. The van der Waals surface area contributed by atoms with Gasteiger partial charge in [-0.3, -0.25) is 9.89 Å². The molecule has 2 rings (SSSR count). The third-order valence-corrected chi connectivity index (χ3v) is 1.40. The number of nitrogens with one attached hydrogen (secondary N) is 1. The van der Waals surface area contributed by atoms with Gasteiger partial charge in [0.05, 0.1) is 0 Å². The van der Waals surface area contributed by atoms with Crippen LogP contribution in [-0.4, -0.2) is 19.6 Å². The van der Waals surface area contributed by atoms with Crippen molar-refractivity contribution in [3.05, 3.63) is 28.4 Å². The minimum atomic E-state index is -0.134. The number of aromatic nitrogens is 4. The fourth-order valence-electron chi connectivity index (χ4n) is 0.934. The minimum Gasteiger partial charge on any atom is -0.278 e. The largest absolute Gasteiger partial charge is 0.278 e. The van der Waals surface area contributed by atoms with Crippen LogP contribution < -0.4 is 5.56 Å². The van der Waals surface area contributed by atoms with E-state index in [1.54, 1.807) is 6.92 Å². The standard InChI is InChI=1S/C6H6N4O.Ag/c1-4-2-5(11)10-6(9-4)7-3-8-10;/h2-3H,1H3,(H,7,8,9);. The summed E-state index contributed by atoms with van der Waals surface area (Å²) in [5, 5.41) is 2.65. The number of H-pyrrole nitrogens is 1. The molecular weight excluding hydrogens is 252 g/mol. The first-order chi connectivity index (χ1) is 5.27. The van der Waals surface area contributed by atoms with Crippen molar-refractivity contribution in [1.29, 1.82) is 0 Å². The number of rotatable bonds is 0. The quantitative estimate of drug-likeness (QED) is 0.661. The predicted octanol–water partition coefficient (Wildman–Crippen LogP) is -0.276. The van der Waals surface area contributed by atoms with E-state index in [1.165, 1.54) is 16.9 Å². The molecule has 0 aliphatic carbocycles. The SMILES string of the molecule is Cc1cc(=O)n2[nH]cnc2n1.[Ag]. The van der Waals surface area contributed by atoms with Gasteiger partial charge in [-0.2, -0.15) is 4.52 Å². The zero-order valence-electron chi connectivity index (χ0n) is 6.21. The van der Waals surface area contributed by atoms with Crippen molar-refractivity contribution in [2.45, 2.75) is 6.92 Å². The molecule has 2 aromatic rings. The number of fused-ring (bicyclic) bond motifs is 1. The summed E-state index contributed by atoms with van der Waals surface area (Å²) in [4.78, 5) is 19.0. The Kier molecular flexibility index (Phi) is 2.46. The van der Waals surface area contributed by atoms with E-state index in [2.05, 4.69) is 15.1 Å². The molecule has 0 fully saturated rings. The van der Waals surface area contributed by atoms with Crippen LogP contribution in [0.1, 0.15) is 5.69 Å². The maximum Gasteiger partial charge on any atom is 0.274 e. The van der Waals surface area contributed by atoms with Crippen LogP contribution in [-0.2, 0) is 22.4 Å². The normalized spacial score (nSPS) is 9.75. The monoisotopic (exact) mass is 257 g/mol. The average Bonchev–Trinajstić information content (AvgIpc) is 2.34. The zero-order chi connectivity index (χ0) is 7.84. The molecular formula is C6H6AgN4O. The number of hydrogen-bond acceptors (Lipinski definition) is 3. The Morgan fingerprint density at radius 3 is 3.08 bits per heavy atom. The van der Waals surface area contributed by atoms with Crippen LogP contribution in [0.3, 0.4) is 0 Å². The molecule has 1 radical (unpaired) electrons. The Morgan fingerprint density at radius 1 is 1.58 bits per heavy atom. The van der Waals surface area contributed by atoms with Gasteiger partial charge in [0.1, 0.15) is 6.33 Å². The molecule has 0 saturated carbocycles. The van der Waals surface area contributed by atoms with Crippen molar-refractivity contribution < 1.29 is 22.4 Å². The van der Waals surface area contributed by atoms with Crippen molar-refractivity contribution in [2.24, 2.45) is 0 Å². The Bertz CT molecular complexity index is 446. The number of aryl methyl sites for hydroxylation is 1. The zero-order valence-corrected chi connectivity index (χ0v) is 7.69. The first-order valence-corrected chi connectivity index (χ1v) is 3.17. The molecule has 0 bridgehead atoms. The molecule has 0 aromatic carbocycles. The summed E-state index contributed by atoms with van der Waals surface area (Å²) in [7, 11) is 0. The maximum absolute atomic E-state index is 11.1. The van der Waals surface area contributed by atoms with Crippen molar-refractivity contribution in [1.82, 2.24) is 19.6 Å². The van der Waals surface area contributed by atoms with Gasteiger partial charge in [-0.1, -0.05) is 0 Å². The summed E-state index contributed by atoms with van der Waals surface area (Å²) in [5.74, 6) is 0.412. The molecule has 12 heavy (non-hydrogen) atoms. The van der Waals surface area contributed by atoms with Crippen LogP contribution >= 0.6 is 0 Å². The minimum absolute atomic E-state index is 0. The first kappa shape index (κ1) is 9.18. The topological polar surface area (TPSA) is 63.0 Å². The van der Waals surface area contributed by atoms with E-state index < -0.39 is 0 Å². The molecule has 0 aliphatic heterocycles. The van der Waals surface area contributed by atoms with Crippen LogP contribution in [0.15, 0.2) is 17.2 Å². The van der Waals surface area contributed by atoms with Gasteiger partial charge < -0.3 is 0 Å². The summed E-state index contributed by atoms with van der Waals surface area (Å²) in [6.07, 6.45) is 1.43. The van der Waals surface area contributed by atoms with Gasteiger partial charge in [0.15, 0.2) is 0 Å². The molecule has 6 heteroatoms. The van der Waals surface area contributed by atoms with Crippen molar-refractivity contribution in [2.75, 3.05) is 0 Å². The maximum atomic E-state index is 11.1. The number of nitrogens with zero attached hydrogens (tertiary/aromatic N) is 3. The summed E-state index contributed by atoms with van der Waals surface area (Å²) < 4.78 is 1.28. The molecule has 0 spiro atoms. The molecule has 0 unspecified atom stereocenters. The van der Waals surface area contributed by atoms with E-state index in [9.17, 15) is 4.79 Å². The van der Waals surface area contributed by atoms with E-state index in [-0.39, 0.29) is 27.9 Å². The predicted molar refractivity (Wildman–Crippen MR) is 38.3 cm³/mol. The molecule has 2 aromatic heterocycles. The molecule has 0 aliphatic rings. The molecule has 67 valence electrons. The van der Waals surface area contributed by atoms with E-state index >= 15 is 0 Å². The van der Waals surface area contributed by atoms with Crippen LogP contribution in [0.5, 0.6) is 0 Å². The van der Waals surface area contributed by atoms with E-state index in [1.807, 2.05) is 0 Å². The third kappa shape index (κ3) is 1.34. The third-order valence-electron chi connectivity index (χ3n) is 1.40. The average molecular weight is 258 g/mol. The van der Waals surface area contributed by atoms with Crippen molar-refractivity contribution >= 4 is 5.78 Å². The van der Waals surface area contributed by atoms with Crippen LogP contribution in [0, 0.1) is 6.92 Å². The fraction of sp³-hybridized carbons (Fsp3) is 0.167. The van der Waals surface area contributed by atoms with Gasteiger partial charge in [-0.15, -0.1) is 0 Å². The molecule has 0 saturated heterocycles. The van der Waals surface area contributed by atoms with Gasteiger partial charge in [-0.25, -0.2) is 9.97 Å². The van der Waals surface area contributed by atoms with Crippen molar-refractivity contribution in [3.63, 3.8) is 0 Å². The van der Waals surface area contributed by atoms with E-state index in [4.69, 9.17) is 0 Å². The Hall–Kier alpha value is -0.910. The first-order valence-electron chi connectivity index (χ1n) is 3.17. The van der Waals surface area contributed by atoms with E-state index in [0.29, 0.717) is 11.5 Å². The van der Waals surface area contributed by atoms with Gasteiger partial charge in [0, 0.05) is 34.1 Å². The summed E-state index contributed by atoms with van der Waals surface area (Å²) in [5.41, 5.74) is 0.548. The van der Waals surface area contributed by atoms with Gasteiger partial charge >= 0.3 is 0 Å². The second kappa shape index (κ2) is 3.22.